The lowest BCUT2D eigenvalue weighted by molar-refractivity contribution is 0.725. The topological polar surface area (TPSA) is 6.48 Å². The Balaban J connectivity index is 2.61. The van der Waals surface area contributed by atoms with E-state index in [1.807, 2.05) is 0 Å². The van der Waals surface area contributed by atoms with Crippen LogP contribution in [0.25, 0.3) is 10.8 Å². The molecule has 2 aromatic carbocycles. The van der Waals surface area contributed by atoms with Crippen LogP contribution in [0.5, 0.6) is 0 Å². The lowest BCUT2D eigenvalue weighted by Gasteiger charge is -2.33. The van der Waals surface area contributed by atoms with Crippen LogP contribution in [0.1, 0.15) is 53.4 Å². The summed E-state index contributed by atoms with van der Waals surface area (Å²) >= 11 is 0. The van der Waals surface area contributed by atoms with Crippen LogP contribution in [0.2, 0.25) is 0 Å². The first-order chi connectivity index (χ1) is 11.8. The molecule has 0 aliphatic carbocycles. The van der Waals surface area contributed by atoms with E-state index in [1.54, 1.807) is 0 Å². The molecule has 0 atom stereocenters. The van der Waals surface area contributed by atoms with Crippen molar-refractivity contribution in [3.63, 3.8) is 0 Å². The van der Waals surface area contributed by atoms with Gasteiger partial charge in [-0.15, -0.1) is 0 Å². The highest BCUT2D eigenvalue weighted by Crippen LogP contribution is 2.37. The largest absolute Gasteiger partial charge is 0.370 e. The van der Waals surface area contributed by atoms with Gasteiger partial charge < -0.3 is 9.80 Å². The van der Waals surface area contributed by atoms with E-state index in [-0.39, 0.29) is 0 Å². The number of hydrogen-bond donors (Lipinski definition) is 0. The highest BCUT2D eigenvalue weighted by molar-refractivity contribution is 6.01. The fraction of sp³-hybridized carbons (Fsp3) is 0.545. The maximum absolute atomic E-state index is 2.61. The third-order valence-electron chi connectivity index (χ3n) is 4.51. The average molecular weight is 327 g/mol. The predicted octanol–water partition coefficient (Wildman–Crippen LogP) is 6.09. The van der Waals surface area contributed by atoms with Gasteiger partial charge in [-0.05, 0) is 37.1 Å². The van der Waals surface area contributed by atoms with E-state index >= 15 is 0 Å². The molecule has 132 valence electrons. The van der Waals surface area contributed by atoms with E-state index < -0.39 is 0 Å². The normalized spacial score (nSPS) is 11.0. The van der Waals surface area contributed by atoms with Gasteiger partial charge in [0.1, 0.15) is 0 Å². The van der Waals surface area contributed by atoms with Gasteiger partial charge in [-0.3, -0.25) is 0 Å². The molecular formula is C22H34N2. The zero-order valence-corrected chi connectivity index (χ0v) is 16.0. The molecule has 2 aromatic rings. The Morgan fingerprint density at radius 3 is 1.75 bits per heavy atom. The summed E-state index contributed by atoms with van der Waals surface area (Å²) in [7, 11) is 0. The molecule has 0 fully saturated rings. The molecule has 0 aliphatic heterocycles. The molecular weight excluding hydrogens is 292 g/mol. The quantitative estimate of drug-likeness (QED) is 0.521. The number of hydrogen-bond acceptors (Lipinski definition) is 2. The fourth-order valence-corrected chi connectivity index (χ4v) is 3.60. The van der Waals surface area contributed by atoms with Crippen molar-refractivity contribution >= 4 is 22.1 Å². The standard InChI is InChI=1S/C22H34N2/c1-5-15-23(16-6-2)21-14-13-19-11-9-10-12-20(19)22(21)24(17-7-3)18-8-4/h9-14H,5-8,15-18H2,1-4H3. The van der Waals surface area contributed by atoms with Crippen LogP contribution in [0.3, 0.4) is 0 Å². The first-order valence-corrected chi connectivity index (χ1v) is 9.78. The van der Waals surface area contributed by atoms with Gasteiger partial charge in [-0.1, -0.05) is 58.0 Å². The summed E-state index contributed by atoms with van der Waals surface area (Å²) in [5.74, 6) is 0. The second-order valence-corrected chi connectivity index (χ2v) is 6.63. The third kappa shape index (κ3) is 4.23. The first kappa shape index (κ1) is 18.6. The van der Waals surface area contributed by atoms with Gasteiger partial charge in [-0.25, -0.2) is 0 Å². The number of anilines is 2. The molecule has 0 amide bonds. The number of fused-ring (bicyclic) bond motifs is 1. The lowest BCUT2D eigenvalue weighted by Crippen LogP contribution is -2.31. The minimum Gasteiger partial charge on any atom is -0.370 e. The average Bonchev–Trinajstić information content (AvgIpc) is 2.60. The van der Waals surface area contributed by atoms with E-state index in [2.05, 4.69) is 73.9 Å². The van der Waals surface area contributed by atoms with E-state index in [0.29, 0.717) is 0 Å². The molecule has 24 heavy (non-hydrogen) atoms. The molecule has 0 aromatic heterocycles. The molecule has 0 aliphatic rings. The van der Waals surface area contributed by atoms with Gasteiger partial charge in [-0.2, -0.15) is 0 Å². The molecule has 2 nitrogen and oxygen atoms in total. The second-order valence-electron chi connectivity index (χ2n) is 6.63. The highest BCUT2D eigenvalue weighted by Gasteiger charge is 2.18. The minimum absolute atomic E-state index is 1.13. The Kier molecular flexibility index (Phi) is 7.42. The Labute approximate surface area is 148 Å². The molecule has 0 unspecified atom stereocenters. The van der Waals surface area contributed by atoms with Crippen LogP contribution in [-0.4, -0.2) is 26.2 Å². The summed E-state index contributed by atoms with van der Waals surface area (Å²) in [6.07, 6.45) is 4.75. The van der Waals surface area contributed by atoms with Gasteiger partial charge in [0.05, 0.1) is 11.4 Å². The van der Waals surface area contributed by atoms with Crippen LogP contribution >= 0.6 is 0 Å². The van der Waals surface area contributed by atoms with Crippen LogP contribution in [0.15, 0.2) is 36.4 Å². The molecule has 0 spiro atoms. The first-order valence-electron chi connectivity index (χ1n) is 9.78. The maximum atomic E-state index is 2.61. The van der Waals surface area contributed by atoms with Crippen LogP contribution in [-0.2, 0) is 0 Å². The van der Waals surface area contributed by atoms with Crippen molar-refractivity contribution in [3.8, 4) is 0 Å². The smallest absolute Gasteiger partial charge is 0.0683 e. The van der Waals surface area contributed by atoms with Crippen molar-refractivity contribution in [1.82, 2.24) is 0 Å². The van der Waals surface area contributed by atoms with Gasteiger partial charge in [0, 0.05) is 31.6 Å². The molecule has 0 radical (unpaired) electrons. The second kappa shape index (κ2) is 9.56. The fourth-order valence-electron chi connectivity index (χ4n) is 3.60. The van der Waals surface area contributed by atoms with Gasteiger partial charge >= 0.3 is 0 Å². The van der Waals surface area contributed by atoms with Gasteiger partial charge in [0.25, 0.3) is 0 Å². The predicted molar refractivity (Wildman–Crippen MR) is 110 cm³/mol. The molecule has 0 saturated heterocycles. The van der Waals surface area contributed by atoms with E-state index in [1.165, 1.54) is 47.8 Å². The maximum Gasteiger partial charge on any atom is 0.0683 e. The van der Waals surface area contributed by atoms with Crippen molar-refractivity contribution in [2.45, 2.75) is 53.4 Å². The molecule has 0 N–H and O–H groups in total. The van der Waals surface area contributed by atoms with Crippen molar-refractivity contribution in [2.24, 2.45) is 0 Å². The zero-order chi connectivity index (χ0) is 17.4. The summed E-state index contributed by atoms with van der Waals surface area (Å²) in [4.78, 5) is 5.19. The van der Waals surface area contributed by atoms with Crippen LogP contribution < -0.4 is 9.80 Å². The highest BCUT2D eigenvalue weighted by atomic mass is 15.2. The molecule has 0 heterocycles. The minimum atomic E-state index is 1.13. The summed E-state index contributed by atoms with van der Waals surface area (Å²) < 4.78 is 0. The van der Waals surface area contributed by atoms with Crippen molar-refractivity contribution in [1.29, 1.82) is 0 Å². The molecule has 2 heteroatoms. The Bertz CT molecular complexity index is 608. The van der Waals surface area contributed by atoms with Gasteiger partial charge in [0.2, 0.25) is 0 Å². The van der Waals surface area contributed by atoms with Crippen LogP contribution in [0.4, 0.5) is 11.4 Å². The SMILES string of the molecule is CCCN(CCC)c1ccc2ccccc2c1N(CCC)CCC. The Morgan fingerprint density at radius 1 is 0.625 bits per heavy atom. The van der Waals surface area contributed by atoms with E-state index in [9.17, 15) is 0 Å². The monoisotopic (exact) mass is 326 g/mol. The number of benzene rings is 2. The van der Waals surface area contributed by atoms with E-state index in [4.69, 9.17) is 0 Å². The summed E-state index contributed by atoms with van der Waals surface area (Å²) in [6.45, 7) is 13.6. The van der Waals surface area contributed by atoms with Crippen molar-refractivity contribution < 1.29 is 0 Å². The van der Waals surface area contributed by atoms with Crippen molar-refractivity contribution in [3.05, 3.63) is 36.4 Å². The Morgan fingerprint density at radius 2 is 1.17 bits per heavy atom. The number of rotatable bonds is 10. The zero-order valence-electron chi connectivity index (χ0n) is 16.0. The Hall–Kier alpha value is -1.70. The van der Waals surface area contributed by atoms with Crippen molar-refractivity contribution in [2.75, 3.05) is 36.0 Å². The summed E-state index contributed by atoms with van der Waals surface area (Å²) in [5, 5.41) is 2.75. The summed E-state index contributed by atoms with van der Waals surface area (Å²) in [6, 6.07) is 13.5. The molecule has 0 bridgehead atoms. The van der Waals surface area contributed by atoms with E-state index in [0.717, 1.165) is 26.2 Å². The molecule has 2 rings (SSSR count). The van der Waals surface area contributed by atoms with Crippen LogP contribution in [0, 0.1) is 0 Å². The third-order valence-corrected chi connectivity index (χ3v) is 4.51. The summed E-state index contributed by atoms with van der Waals surface area (Å²) in [5.41, 5.74) is 2.86. The van der Waals surface area contributed by atoms with Gasteiger partial charge in [0.15, 0.2) is 0 Å². The number of nitrogens with zero attached hydrogens (tertiary/aromatic N) is 2. The molecule has 0 saturated carbocycles. The lowest BCUT2D eigenvalue weighted by atomic mass is 10.0.